The van der Waals surface area contributed by atoms with Crippen molar-refractivity contribution < 1.29 is 19.0 Å². The standard InChI is InChI=1S/C11H12BrFO3/c1-3-16-10(14)11(2,15)7-4-5-9(13)8(12)6-7/h4-6,15H,3H2,1-2H3. The Bertz CT molecular complexity index is 404. The minimum atomic E-state index is -1.77. The molecular weight excluding hydrogens is 279 g/mol. The minimum absolute atomic E-state index is 0.178. The van der Waals surface area contributed by atoms with Crippen LogP contribution in [0.1, 0.15) is 19.4 Å². The smallest absolute Gasteiger partial charge is 0.342 e. The molecule has 0 spiro atoms. The van der Waals surface area contributed by atoms with E-state index in [4.69, 9.17) is 4.74 Å². The monoisotopic (exact) mass is 290 g/mol. The third kappa shape index (κ3) is 2.59. The van der Waals surface area contributed by atoms with Crippen LogP contribution in [-0.2, 0) is 15.1 Å². The Morgan fingerprint density at radius 2 is 2.25 bits per heavy atom. The molecule has 1 atom stereocenters. The lowest BCUT2D eigenvalue weighted by atomic mass is 9.96. The molecular formula is C11H12BrFO3. The fourth-order valence-corrected chi connectivity index (χ4v) is 1.57. The van der Waals surface area contributed by atoms with Crippen molar-refractivity contribution in [1.82, 2.24) is 0 Å². The number of hydrogen-bond acceptors (Lipinski definition) is 3. The maximum absolute atomic E-state index is 13.0. The molecule has 0 aromatic heterocycles. The van der Waals surface area contributed by atoms with Gasteiger partial charge in [0.05, 0.1) is 11.1 Å². The van der Waals surface area contributed by atoms with Gasteiger partial charge in [-0.25, -0.2) is 9.18 Å². The summed E-state index contributed by atoms with van der Waals surface area (Å²) in [5.74, 6) is -1.21. The van der Waals surface area contributed by atoms with Gasteiger partial charge in [-0.05, 0) is 47.5 Å². The number of esters is 1. The Balaban J connectivity index is 3.06. The molecule has 1 unspecified atom stereocenters. The first-order valence-electron chi connectivity index (χ1n) is 4.74. The van der Waals surface area contributed by atoms with Gasteiger partial charge < -0.3 is 9.84 Å². The second-order valence-electron chi connectivity index (χ2n) is 3.42. The first kappa shape index (κ1) is 13.1. The third-order valence-corrected chi connectivity index (χ3v) is 2.76. The normalized spacial score (nSPS) is 14.3. The van der Waals surface area contributed by atoms with E-state index in [2.05, 4.69) is 15.9 Å². The molecule has 88 valence electrons. The SMILES string of the molecule is CCOC(=O)C(C)(O)c1ccc(F)c(Br)c1. The predicted octanol–water partition coefficient (Wildman–Crippen LogP) is 2.36. The largest absolute Gasteiger partial charge is 0.464 e. The fourth-order valence-electron chi connectivity index (χ4n) is 1.19. The topological polar surface area (TPSA) is 46.5 Å². The molecule has 1 aromatic rings. The van der Waals surface area contributed by atoms with Crippen LogP contribution in [0.2, 0.25) is 0 Å². The van der Waals surface area contributed by atoms with Crippen molar-refractivity contribution in [2.45, 2.75) is 19.4 Å². The summed E-state index contributed by atoms with van der Waals surface area (Å²) in [4.78, 5) is 11.5. The molecule has 1 rings (SSSR count). The van der Waals surface area contributed by atoms with E-state index in [1.807, 2.05) is 0 Å². The summed E-state index contributed by atoms with van der Waals surface area (Å²) in [6.07, 6.45) is 0. The molecule has 0 saturated heterocycles. The summed E-state index contributed by atoms with van der Waals surface area (Å²) < 4.78 is 17.9. The molecule has 0 aliphatic carbocycles. The van der Waals surface area contributed by atoms with Crippen LogP contribution >= 0.6 is 15.9 Å². The average molecular weight is 291 g/mol. The zero-order chi connectivity index (χ0) is 12.3. The zero-order valence-electron chi connectivity index (χ0n) is 8.96. The van der Waals surface area contributed by atoms with Gasteiger partial charge in [0, 0.05) is 0 Å². The Morgan fingerprint density at radius 1 is 1.62 bits per heavy atom. The highest BCUT2D eigenvalue weighted by atomic mass is 79.9. The van der Waals surface area contributed by atoms with Crippen LogP contribution in [0.3, 0.4) is 0 Å². The van der Waals surface area contributed by atoms with Crippen molar-refractivity contribution in [3.63, 3.8) is 0 Å². The summed E-state index contributed by atoms with van der Waals surface area (Å²) in [5, 5.41) is 9.98. The number of aliphatic hydroxyl groups is 1. The molecule has 1 aromatic carbocycles. The van der Waals surface area contributed by atoms with E-state index in [1.165, 1.54) is 25.1 Å². The molecule has 3 nitrogen and oxygen atoms in total. The molecule has 1 N–H and O–H groups in total. The number of halogens is 2. The average Bonchev–Trinajstić information content (AvgIpc) is 2.22. The quantitative estimate of drug-likeness (QED) is 0.870. The maximum Gasteiger partial charge on any atom is 0.342 e. The Kier molecular flexibility index (Phi) is 4.04. The van der Waals surface area contributed by atoms with E-state index in [1.54, 1.807) is 6.92 Å². The molecule has 0 fully saturated rings. The molecule has 5 heteroatoms. The second-order valence-corrected chi connectivity index (χ2v) is 4.28. The van der Waals surface area contributed by atoms with E-state index in [0.717, 1.165) is 0 Å². The lowest BCUT2D eigenvalue weighted by molar-refractivity contribution is -0.164. The van der Waals surface area contributed by atoms with Gasteiger partial charge in [-0.15, -0.1) is 0 Å². The van der Waals surface area contributed by atoms with Crippen molar-refractivity contribution >= 4 is 21.9 Å². The molecule has 0 heterocycles. The van der Waals surface area contributed by atoms with Crippen LogP contribution in [0.5, 0.6) is 0 Å². The third-order valence-electron chi connectivity index (χ3n) is 2.15. The number of carbonyl (C=O) groups is 1. The number of hydrogen-bond donors (Lipinski definition) is 1. The molecule has 0 radical (unpaired) electrons. The summed E-state index contributed by atoms with van der Waals surface area (Å²) in [6, 6.07) is 3.87. The van der Waals surface area contributed by atoms with Crippen molar-refractivity contribution in [3.05, 3.63) is 34.1 Å². The van der Waals surface area contributed by atoms with E-state index in [-0.39, 0.29) is 16.6 Å². The molecule has 0 saturated carbocycles. The Hall–Kier alpha value is -0.940. The highest BCUT2D eigenvalue weighted by Crippen LogP contribution is 2.26. The van der Waals surface area contributed by atoms with Crippen LogP contribution < -0.4 is 0 Å². The Labute approximate surface area is 101 Å². The van der Waals surface area contributed by atoms with Crippen molar-refractivity contribution in [3.8, 4) is 0 Å². The highest BCUT2D eigenvalue weighted by molar-refractivity contribution is 9.10. The predicted molar refractivity (Wildman–Crippen MR) is 60.3 cm³/mol. The van der Waals surface area contributed by atoms with E-state index in [0.29, 0.717) is 0 Å². The van der Waals surface area contributed by atoms with Crippen LogP contribution in [-0.4, -0.2) is 17.7 Å². The molecule has 0 aliphatic heterocycles. The molecule has 0 aliphatic rings. The first-order chi connectivity index (χ1) is 7.39. The number of carbonyl (C=O) groups excluding carboxylic acids is 1. The van der Waals surface area contributed by atoms with Gasteiger partial charge in [0.1, 0.15) is 5.82 Å². The van der Waals surface area contributed by atoms with Gasteiger partial charge in [-0.2, -0.15) is 0 Å². The van der Waals surface area contributed by atoms with Gasteiger partial charge in [0.25, 0.3) is 0 Å². The van der Waals surface area contributed by atoms with Crippen molar-refractivity contribution in [2.75, 3.05) is 6.61 Å². The summed E-state index contributed by atoms with van der Waals surface area (Å²) in [5.41, 5.74) is -1.49. The fraction of sp³-hybridized carbons (Fsp3) is 0.364. The van der Waals surface area contributed by atoms with E-state index in [9.17, 15) is 14.3 Å². The van der Waals surface area contributed by atoms with Crippen LogP contribution in [0, 0.1) is 5.82 Å². The van der Waals surface area contributed by atoms with Crippen LogP contribution in [0.4, 0.5) is 4.39 Å². The number of benzene rings is 1. The van der Waals surface area contributed by atoms with Crippen LogP contribution in [0.15, 0.2) is 22.7 Å². The molecule has 0 bridgehead atoms. The zero-order valence-corrected chi connectivity index (χ0v) is 10.5. The lowest BCUT2D eigenvalue weighted by Gasteiger charge is -2.21. The lowest BCUT2D eigenvalue weighted by Crippen LogP contribution is -2.34. The molecule has 0 amide bonds. The van der Waals surface area contributed by atoms with Crippen molar-refractivity contribution in [1.29, 1.82) is 0 Å². The number of rotatable bonds is 3. The van der Waals surface area contributed by atoms with Gasteiger partial charge in [-0.1, -0.05) is 6.07 Å². The van der Waals surface area contributed by atoms with E-state index < -0.39 is 17.4 Å². The van der Waals surface area contributed by atoms with Crippen LogP contribution in [0.25, 0.3) is 0 Å². The van der Waals surface area contributed by atoms with E-state index >= 15 is 0 Å². The van der Waals surface area contributed by atoms with Gasteiger partial charge in [0.2, 0.25) is 0 Å². The minimum Gasteiger partial charge on any atom is -0.464 e. The first-order valence-corrected chi connectivity index (χ1v) is 5.54. The van der Waals surface area contributed by atoms with Gasteiger partial charge >= 0.3 is 5.97 Å². The van der Waals surface area contributed by atoms with Gasteiger partial charge in [0.15, 0.2) is 5.60 Å². The van der Waals surface area contributed by atoms with Gasteiger partial charge in [-0.3, -0.25) is 0 Å². The summed E-state index contributed by atoms with van der Waals surface area (Å²) >= 11 is 2.99. The Morgan fingerprint density at radius 3 is 2.75 bits per heavy atom. The summed E-state index contributed by atoms with van der Waals surface area (Å²) in [6.45, 7) is 3.14. The summed E-state index contributed by atoms with van der Waals surface area (Å²) in [7, 11) is 0. The number of ether oxygens (including phenoxy) is 1. The second kappa shape index (κ2) is 4.93. The highest BCUT2D eigenvalue weighted by Gasteiger charge is 2.34. The molecule has 16 heavy (non-hydrogen) atoms. The maximum atomic E-state index is 13.0. The van der Waals surface area contributed by atoms with Crippen molar-refractivity contribution in [2.24, 2.45) is 0 Å².